The normalized spacial score (nSPS) is 20.4. The van der Waals surface area contributed by atoms with Crippen LogP contribution < -0.4 is 4.74 Å². The van der Waals surface area contributed by atoms with Gasteiger partial charge in [-0.2, -0.15) is 0 Å². The van der Waals surface area contributed by atoms with Crippen LogP contribution in [0.1, 0.15) is 47.6 Å². The van der Waals surface area contributed by atoms with Crippen LogP contribution in [-0.2, 0) is 19.5 Å². The topological polar surface area (TPSA) is 71.7 Å². The van der Waals surface area contributed by atoms with Gasteiger partial charge < -0.3 is 14.1 Å². The van der Waals surface area contributed by atoms with Gasteiger partial charge in [-0.25, -0.2) is 4.98 Å². The van der Waals surface area contributed by atoms with Crippen LogP contribution in [0.2, 0.25) is 0 Å². The minimum Gasteiger partial charge on any atom is -0.495 e. The Hall–Kier alpha value is -2.41. The number of pyridine rings is 1. The summed E-state index contributed by atoms with van der Waals surface area (Å²) >= 11 is 0. The minimum absolute atomic E-state index is 0.0701. The molecule has 2 aromatic rings. The molecule has 4 rings (SSSR count). The van der Waals surface area contributed by atoms with Gasteiger partial charge in [0, 0.05) is 39.1 Å². The molecule has 1 atom stereocenters. The second kappa shape index (κ2) is 7.68. The first-order valence-corrected chi connectivity index (χ1v) is 9.61. The summed E-state index contributed by atoms with van der Waals surface area (Å²) < 4.78 is 11.0. The Kier molecular flexibility index (Phi) is 5.11. The fraction of sp³-hybridized carbons (Fsp3) is 0.550. The number of methoxy groups -OCH3 is 1. The quantitative estimate of drug-likeness (QED) is 0.823. The first-order valence-electron chi connectivity index (χ1n) is 9.61. The fourth-order valence-corrected chi connectivity index (χ4v) is 3.84. The SMILES string of the molecule is COc1ccc(CN2CCc3oc(C(=O)N4CCC[C@H](C)C4)nc3C2)nc1. The number of carbonyl (C=O) groups excluding carboxylic acids is 1. The summed E-state index contributed by atoms with van der Waals surface area (Å²) in [5, 5.41) is 0. The molecule has 0 unspecified atom stereocenters. The zero-order valence-electron chi connectivity index (χ0n) is 16.0. The van der Waals surface area contributed by atoms with E-state index in [4.69, 9.17) is 9.15 Å². The van der Waals surface area contributed by atoms with Gasteiger partial charge in [0.05, 0.1) is 24.7 Å². The van der Waals surface area contributed by atoms with Crippen molar-refractivity contribution in [3.63, 3.8) is 0 Å². The molecule has 0 aromatic carbocycles. The van der Waals surface area contributed by atoms with Gasteiger partial charge in [-0.1, -0.05) is 6.92 Å². The molecular weight excluding hydrogens is 344 g/mol. The van der Waals surface area contributed by atoms with E-state index >= 15 is 0 Å². The standard InChI is InChI=1S/C20H26N4O3/c1-14-4-3-8-24(11-14)20(25)19-22-17-13-23(9-7-18(17)27-19)12-15-5-6-16(26-2)10-21-15/h5-6,10,14H,3-4,7-9,11-13H2,1-2H3/t14-/m0/s1. The van der Waals surface area contributed by atoms with Crippen LogP contribution in [-0.4, -0.2) is 52.4 Å². The van der Waals surface area contributed by atoms with Gasteiger partial charge in [-0.05, 0) is 30.9 Å². The summed E-state index contributed by atoms with van der Waals surface area (Å²) in [5.41, 5.74) is 1.87. The molecule has 2 aliphatic heterocycles. The van der Waals surface area contributed by atoms with Crippen LogP contribution in [0.5, 0.6) is 5.75 Å². The van der Waals surface area contributed by atoms with Crippen LogP contribution >= 0.6 is 0 Å². The maximum atomic E-state index is 12.7. The molecular formula is C20H26N4O3. The largest absolute Gasteiger partial charge is 0.495 e. The highest BCUT2D eigenvalue weighted by Gasteiger charge is 2.29. The third-order valence-corrected chi connectivity index (χ3v) is 5.35. The lowest BCUT2D eigenvalue weighted by molar-refractivity contribution is 0.0640. The van der Waals surface area contributed by atoms with Crippen molar-refractivity contribution in [2.45, 2.75) is 39.3 Å². The van der Waals surface area contributed by atoms with Crippen molar-refractivity contribution < 1.29 is 13.9 Å². The molecule has 0 N–H and O–H groups in total. The van der Waals surface area contributed by atoms with E-state index in [0.717, 1.165) is 61.9 Å². The highest BCUT2D eigenvalue weighted by molar-refractivity contribution is 5.89. The van der Waals surface area contributed by atoms with Gasteiger partial charge in [-0.3, -0.25) is 14.7 Å². The van der Waals surface area contributed by atoms with Crippen molar-refractivity contribution in [3.8, 4) is 5.75 Å². The van der Waals surface area contributed by atoms with Gasteiger partial charge in [-0.15, -0.1) is 0 Å². The molecule has 2 aromatic heterocycles. The number of aromatic nitrogens is 2. The zero-order valence-corrected chi connectivity index (χ0v) is 16.0. The van der Waals surface area contributed by atoms with Gasteiger partial charge in [0.2, 0.25) is 0 Å². The number of oxazole rings is 1. The molecule has 7 nitrogen and oxygen atoms in total. The third kappa shape index (κ3) is 3.98. The highest BCUT2D eigenvalue weighted by Crippen LogP contribution is 2.23. The maximum Gasteiger partial charge on any atom is 0.309 e. The Labute approximate surface area is 159 Å². The van der Waals surface area contributed by atoms with Crippen molar-refractivity contribution in [3.05, 3.63) is 41.4 Å². The number of rotatable bonds is 4. The van der Waals surface area contributed by atoms with Crippen molar-refractivity contribution in [1.29, 1.82) is 0 Å². The van der Waals surface area contributed by atoms with E-state index in [1.807, 2.05) is 17.0 Å². The number of nitrogens with zero attached hydrogens (tertiary/aromatic N) is 4. The summed E-state index contributed by atoms with van der Waals surface area (Å²) in [6.45, 7) is 6.06. The van der Waals surface area contributed by atoms with Gasteiger partial charge in [0.15, 0.2) is 0 Å². The van der Waals surface area contributed by atoms with Crippen LogP contribution in [0.3, 0.4) is 0 Å². The molecule has 1 amide bonds. The lowest BCUT2D eigenvalue weighted by Crippen LogP contribution is -2.39. The Morgan fingerprint density at radius 1 is 1.37 bits per heavy atom. The maximum absolute atomic E-state index is 12.7. The number of piperidine rings is 1. The molecule has 0 spiro atoms. The van der Waals surface area contributed by atoms with Crippen LogP contribution in [0, 0.1) is 5.92 Å². The summed E-state index contributed by atoms with van der Waals surface area (Å²) in [6.07, 6.45) is 4.73. The van der Waals surface area contributed by atoms with Crippen molar-refractivity contribution in [2.24, 2.45) is 5.92 Å². The Bertz CT molecular complexity index is 802. The summed E-state index contributed by atoms with van der Waals surface area (Å²) in [4.78, 5) is 25.8. The number of fused-ring (bicyclic) bond motifs is 1. The number of ether oxygens (including phenoxy) is 1. The monoisotopic (exact) mass is 370 g/mol. The molecule has 0 aliphatic carbocycles. The number of likely N-dealkylation sites (tertiary alicyclic amines) is 1. The predicted molar refractivity (Wildman–Crippen MR) is 99.4 cm³/mol. The second-order valence-corrected chi connectivity index (χ2v) is 7.54. The van der Waals surface area contributed by atoms with Gasteiger partial charge in [0.25, 0.3) is 5.89 Å². The third-order valence-electron chi connectivity index (χ3n) is 5.35. The molecule has 0 radical (unpaired) electrons. The Balaban J connectivity index is 1.41. The lowest BCUT2D eigenvalue weighted by atomic mass is 10.0. The molecule has 1 saturated heterocycles. The zero-order chi connectivity index (χ0) is 18.8. The first kappa shape index (κ1) is 18.0. The van der Waals surface area contributed by atoms with E-state index in [2.05, 4.69) is 21.8 Å². The van der Waals surface area contributed by atoms with E-state index in [1.165, 1.54) is 6.42 Å². The smallest absolute Gasteiger partial charge is 0.309 e. The van der Waals surface area contributed by atoms with Crippen LogP contribution in [0.25, 0.3) is 0 Å². The molecule has 4 heterocycles. The van der Waals surface area contributed by atoms with E-state index in [0.29, 0.717) is 12.5 Å². The van der Waals surface area contributed by atoms with E-state index < -0.39 is 0 Å². The highest BCUT2D eigenvalue weighted by atomic mass is 16.5. The number of hydrogen-bond donors (Lipinski definition) is 0. The Morgan fingerprint density at radius 2 is 2.26 bits per heavy atom. The lowest BCUT2D eigenvalue weighted by Gasteiger charge is -2.29. The molecule has 1 fully saturated rings. The van der Waals surface area contributed by atoms with E-state index in [1.54, 1.807) is 13.3 Å². The van der Waals surface area contributed by atoms with Gasteiger partial charge >= 0.3 is 5.91 Å². The number of carbonyl (C=O) groups is 1. The van der Waals surface area contributed by atoms with Crippen molar-refractivity contribution >= 4 is 5.91 Å². The molecule has 0 bridgehead atoms. The number of hydrogen-bond acceptors (Lipinski definition) is 6. The Morgan fingerprint density at radius 3 is 3.00 bits per heavy atom. The average Bonchev–Trinajstić information content (AvgIpc) is 3.11. The minimum atomic E-state index is -0.0701. The first-order chi connectivity index (χ1) is 13.1. The molecule has 7 heteroatoms. The van der Waals surface area contributed by atoms with E-state index in [-0.39, 0.29) is 11.8 Å². The summed E-state index contributed by atoms with van der Waals surface area (Å²) in [6, 6.07) is 3.90. The van der Waals surface area contributed by atoms with Crippen molar-refractivity contribution in [1.82, 2.24) is 19.8 Å². The average molecular weight is 370 g/mol. The molecule has 27 heavy (non-hydrogen) atoms. The molecule has 144 valence electrons. The molecule has 0 saturated carbocycles. The van der Waals surface area contributed by atoms with Gasteiger partial charge in [0.1, 0.15) is 11.5 Å². The van der Waals surface area contributed by atoms with Crippen LogP contribution in [0.15, 0.2) is 22.7 Å². The van der Waals surface area contributed by atoms with Crippen LogP contribution in [0.4, 0.5) is 0 Å². The summed E-state index contributed by atoms with van der Waals surface area (Å²) in [5.74, 6) is 2.33. The molecule has 2 aliphatic rings. The van der Waals surface area contributed by atoms with E-state index in [9.17, 15) is 4.79 Å². The number of amides is 1. The van der Waals surface area contributed by atoms with Crippen molar-refractivity contribution in [2.75, 3.05) is 26.7 Å². The fourth-order valence-electron chi connectivity index (χ4n) is 3.84. The predicted octanol–water partition coefficient (Wildman–Crippen LogP) is 2.51. The second-order valence-electron chi connectivity index (χ2n) is 7.54. The summed E-state index contributed by atoms with van der Waals surface area (Å²) in [7, 11) is 1.64.